The number of ether oxygens (including phenoxy) is 1. The van der Waals surface area contributed by atoms with E-state index in [2.05, 4.69) is 10.2 Å². The minimum Gasteiger partial charge on any atom is -0.748 e. The maximum absolute atomic E-state index is 12.8. The molecule has 5 rings (SSSR count). The summed E-state index contributed by atoms with van der Waals surface area (Å²) in [5, 5.41) is 3.96. The van der Waals surface area contributed by atoms with Crippen molar-refractivity contribution in [1.29, 1.82) is 0 Å². The minimum absolute atomic E-state index is 0. The number of allylic oxidation sites excluding steroid dienone is 5. The van der Waals surface area contributed by atoms with Crippen molar-refractivity contribution in [3.05, 3.63) is 82.3 Å². The molecule has 50 heavy (non-hydrogen) atoms. The SMILES string of the molecule is O=C(CNc1ccc2c(c1)SC(=CC=CC=C1C(=O)c3ccccc3S1(=O)=O)N2CCCS(=O)(=O)[O-])COCC(=O)ON1C(=O)CCC1=O.[Na+]. The number of amides is 2. The molecule has 2 aromatic rings. The van der Waals surface area contributed by atoms with Gasteiger partial charge in [0.1, 0.15) is 18.1 Å². The first-order valence-corrected chi connectivity index (χ1v) is 18.5. The van der Waals surface area contributed by atoms with Gasteiger partial charge in [-0.05, 0) is 48.9 Å². The number of thioether (sulfide) groups is 1. The van der Waals surface area contributed by atoms with E-state index in [0.717, 1.165) is 4.90 Å². The zero-order valence-electron chi connectivity index (χ0n) is 26.5. The number of hydroxylamine groups is 2. The molecule has 15 nitrogen and oxygen atoms in total. The summed E-state index contributed by atoms with van der Waals surface area (Å²) in [6, 6.07) is 11.1. The van der Waals surface area contributed by atoms with Gasteiger partial charge in [0.15, 0.2) is 5.78 Å². The molecule has 258 valence electrons. The normalized spacial score (nSPS) is 18.1. The smallest absolute Gasteiger partial charge is 0.748 e. The zero-order chi connectivity index (χ0) is 35.3. The first-order chi connectivity index (χ1) is 23.2. The number of Topliss-reactive ketones (excluding diaryl/α,β-unsaturated/α-hetero) is 2. The van der Waals surface area contributed by atoms with Gasteiger partial charge in [0.2, 0.25) is 15.6 Å². The number of hydrogen-bond donors (Lipinski definition) is 1. The summed E-state index contributed by atoms with van der Waals surface area (Å²) in [4.78, 5) is 66.7. The number of sulfone groups is 1. The first kappa shape index (κ1) is 39.2. The van der Waals surface area contributed by atoms with Crippen molar-refractivity contribution < 1.29 is 84.5 Å². The summed E-state index contributed by atoms with van der Waals surface area (Å²) >= 11 is 1.30. The van der Waals surface area contributed by atoms with Crippen LogP contribution in [-0.2, 0) is 48.7 Å². The van der Waals surface area contributed by atoms with Crippen LogP contribution in [0.4, 0.5) is 11.4 Å². The maximum Gasteiger partial charge on any atom is 1.00 e. The van der Waals surface area contributed by atoms with Crippen LogP contribution in [0.25, 0.3) is 0 Å². The van der Waals surface area contributed by atoms with E-state index < -0.39 is 68.3 Å². The summed E-state index contributed by atoms with van der Waals surface area (Å²) in [5.41, 5.74) is 1.36. The molecule has 2 aromatic carbocycles. The second-order valence-electron chi connectivity index (χ2n) is 10.7. The second-order valence-corrected chi connectivity index (χ2v) is 15.2. The van der Waals surface area contributed by atoms with Gasteiger partial charge in [0.05, 0.1) is 32.3 Å². The van der Waals surface area contributed by atoms with Crippen LogP contribution in [0.3, 0.4) is 0 Å². The van der Waals surface area contributed by atoms with Crippen molar-refractivity contribution in [2.45, 2.75) is 29.1 Å². The Hall–Kier alpha value is -3.62. The van der Waals surface area contributed by atoms with Gasteiger partial charge in [-0.2, -0.15) is 0 Å². The zero-order valence-corrected chi connectivity index (χ0v) is 31.0. The Labute approximate surface area is 313 Å². The molecular weight excluding hydrogens is 726 g/mol. The van der Waals surface area contributed by atoms with E-state index in [1.165, 1.54) is 42.1 Å². The van der Waals surface area contributed by atoms with Crippen molar-refractivity contribution in [2.75, 3.05) is 42.3 Å². The van der Waals surface area contributed by atoms with Crippen LogP contribution in [-0.4, -0.2) is 87.9 Å². The van der Waals surface area contributed by atoms with Gasteiger partial charge in [0, 0.05) is 41.3 Å². The third kappa shape index (κ3) is 9.38. The Morgan fingerprint density at radius 3 is 2.40 bits per heavy atom. The molecule has 3 aliphatic rings. The average molecular weight is 754 g/mol. The molecule has 0 bridgehead atoms. The molecule has 3 aliphatic heterocycles. The summed E-state index contributed by atoms with van der Waals surface area (Å²) in [5.74, 6) is -3.87. The Morgan fingerprint density at radius 2 is 1.70 bits per heavy atom. The van der Waals surface area contributed by atoms with Crippen molar-refractivity contribution in [1.82, 2.24) is 5.06 Å². The van der Waals surface area contributed by atoms with Crippen LogP contribution in [0.2, 0.25) is 0 Å². The van der Waals surface area contributed by atoms with Gasteiger partial charge in [-0.1, -0.05) is 36.0 Å². The summed E-state index contributed by atoms with van der Waals surface area (Å²) < 4.78 is 64.3. The summed E-state index contributed by atoms with van der Waals surface area (Å²) in [7, 11) is -8.40. The average Bonchev–Trinajstić information content (AvgIpc) is 3.62. The third-order valence-electron chi connectivity index (χ3n) is 7.21. The molecule has 19 heteroatoms. The van der Waals surface area contributed by atoms with Crippen LogP contribution < -0.4 is 39.8 Å². The van der Waals surface area contributed by atoms with E-state index in [9.17, 15) is 45.4 Å². The molecule has 1 N–H and O–H groups in total. The van der Waals surface area contributed by atoms with Crippen LogP contribution >= 0.6 is 11.8 Å². The van der Waals surface area contributed by atoms with E-state index in [0.29, 0.717) is 21.5 Å². The van der Waals surface area contributed by atoms with E-state index in [1.54, 1.807) is 41.3 Å². The molecule has 2 amide bonds. The molecule has 3 heterocycles. The monoisotopic (exact) mass is 753 g/mol. The maximum atomic E-state index is 12.8. The van der Waals surface area contributed by atoms with E-state index in [1.807, 2.05) is 0 Å². The number of carbonyl (C=O) groups excluding carboxylic acids is 5. The van der Waals surface area contributed by atoms with E-state index in [-0.39, 0.29) is 77.3 Å². The van der Waals surface area contributed by atoms with Crippen molar-refractivity contribution >= 4 is 72.4 Å². The fourth-order valence-electron chi connectivity index (χ4n) is 4.96. The van der Waals surface area contributed by atoms with Crippen LogP contribution in [0.15, 0.2) is 86.5 Å². The van der Waals surface area contributed by atoms with Crippen LogP contribution in [0.1, 0.15) is 29.6 Å². The molecule has 0 aliphatic carbocycles. The van der Waals surface area contributed by atoms with Crippen molar-refractivity contribution in [3.8, 4) is 0 Å². The molecule has 1 saturated heterocycles. The minimum atomic E-state index is -4.44. The third-order valence-corrected chi connectivity index (χ3v) is 10.9. The number of rotatable bonds is 14. The van der Waals surface area contributed by atoms with Crippen LogP contribution in [0, 0.1) is 0 Å². The topological polar surface area (TPSA) is 214 Å². The molecule has 0 radical (unpaired) electrons. The molecular formula is C31H28N3NaO12S3. The van der Waals surface area contributed by atoms with Gasteiger partial charge in [0.25, 0.3) is 11.8 Å². The van der Waals surface area contributed by atoms with E-state index >= 15 is 0 Å². The number of nitrogens with zero attached hydrogens (tertiary/aromatic N) is 2. The molecule has 0 atom stereocenters. The number of ketones is 2. The van der Waals surface area contributed by atoms with Gasteiger partial charge in [-0.25, -0.2) is 21.6 Å². The standard InChI is InChI=1S/C31H29N3O12S3.Na/c35-21(18-45-19-30(38)46-34-27(36)12-13-28(34)37)17-32-20-10-11-23-24(16-20)47-29(33(23)14-5-15-48(40,41)42)9-4-3-8-26-31(39)22-6-1-2-7-25(22)49(26,43)44;/h1-4,6-11,16,32H,5,12-15,17-19H2,(H,40,41,42);/q;+1/p-1. The molecule has 0 unspecified atom stereocenters. The Kier molecular flexibility index (Phi) is 13.0. The Morgan fingerprint density at radius 1 is 1.00 bits per heavy atom. The molecule has 0 saturated carbocycles. The van der Waals surface area contributed by atoms with Gasteiger partial charge in [-0.15, -0.1) is 5.06 Å². The fourth-order valence-corrected chi connectivity index (χ4v) is 8.14. The van der Waals surface area contributed by atoms with Gasteiger partial charge >= 0.3 is 35.5 Å². The van der Waals surface area contributed by atoms with Gasteiger partial charge in [-0.3, -0.25) is 19.2 Å². The van der Waals surface area contributed by atoms with Crippen LogP contribution in [0.5, 0.6) is 0 Å². The summed E-state index contributed by atoms with van der Waals surface area (Å²) in [6.07, 6.45) is 5.76. The molecule has 0 aromatic heterocycles. The Bertz CT molecular complexity index is 2030. The first-order valence-electron chi connectivity index (χ1n) is 14.6. The fraction of sp³-hybridized carbons (Fsp3) is 0.258. The van der Waals surface area contributed by atoms with Gasteiger partial charge < -0.3 is 24.3 Å². The quantitative estimate of drug-likeness (QED) is 0.107. The predicted molar refractivity (Wildman–Crippen MR) is 174 cm³/mol. The number of imide groups is 1. The molecule has 0 spiro atoms. The predicted octanol–water partition coefficient (Wildman–Crippen LogP) is -0.905. The number of carbonyl (C=O) groups is 5. The van der Waals surface area contributed by atoms with E-state index in [4.69, 9.17) is 4.74 Å². The molecule has 1 fully saturated rings. The van der Waals surface area contributed by atoms with Crippen molar-refractivity contribution in [2.24, 2.45) is 0 Å². The number of fused-ring (bicyclic) bond motifs is 2. The number of benzene rings is 2. The Balaban J connectivity index is 0.00000562. The number of anilines is 2. The van der Waals surface area contributed by atoms with Crippen molar-refractivity contribution in [3.63, 3.8) is 0 Å². The second kappa shape index (κ2) is 16.6. The number of hydrogen-bond acceptors (Lipinski definition) is 15. The largest absolute Gasteiger partial charge is 1.00 e. The number of nitrogens with one attached hydrogen (secondary N) is 1. The summed E-state index contributed by atoms with van der Waals surface area (Å²) in [6.45, 7) is -1.09.